The molecule has 1 aliphatic heterocycles. The first-order valence-corrected chi connectivity index (χ1v) is 6.23. The monoisotopic (exact) mass is 233 g/mol. The average Bonchev–Trinajstić information content (AvgIpc) is 2.89. The number of nitrogens with zero attached hydrogens (tertiary/aromatic N) is 1. The van der Waals surface area contributed by atoms with Gasteiger partial charge in [0, 0.05) is 24.5 Å². The minimum Gasteiger partial charge on any atom is -0.352 e. The van der Waals surface area contributed by atoms with Crippen LogP contribution < -0.4 is 10.6 Å². The number of hydrogen-bond donors (Lipinski definition) is 2. The molecule has 2 rings (SSSR count). The summed E-state index contributed by atoms with van der Waals surface area (Å²) in [4.78, 5) is 16.1. The molecule has 1 atom stereocenters. The summed E-state index contributed by atoms with van der Waals surface area (Å²) in [6.07, 6.45) is 5.43. The molecule has 1 unspecified atom stereocenters. The molecule has 17 heavy (non-hydrogen) atoms. The van der Waals surface area contributed by atoms with E-state index in [-0.39, 0.29) is 5.91 Å². The van der Waals surface area contributed by atoms with E-state index in [1.54, 1.807) is 18.5 Å². The minimum absolute atomic E-state index is 0.0242. The van der Waals surface area contributed by atoms with Gasteiger partial charge in [0.25, 0.3) is 5.91 Å². The molecule has 0 aromatic carbocycles. The third-order valence-electron chi connectivity index (χ3n) is 3.24. The molecule has 0 saturated carbocycles. The Hall–Kier alpha value is -1.42. The fourth-order valence-electron chi connectivity index (χ4n) is 2.15. The smallest absolute Gasteiger partial charge is 0.251 e. The van der Waals surface area contributed by atoms with Gasteiger partial charge in [-0.15, -0.1) is 0 Å². The number of hydrogen-bond acceptors (Lipinski definition) is 3. The second-order valence-corrected chi connectivity index (χ2v) is 4.46. The lowest BCUT2D eigenvalue weighted by Crippen LogP contribution is -2.30. The number of aromatic nitrogens is 1. The van der Waals surface area contributed by atoms with Crippen LogP contribution in [-0.4, -0.2) is 30.5 Å². The Morgan fingerprint density at radius 3 is 3.24 bits per heavy atom. The van der Waals surface area contributed by atoms with Crippen LogP contribution in [0, 0.1) is 5.92 Å². The zero-order valence-corrected chi connectivity index (χ0v) is 10.2. The first-order valence-electron chi connectivity index (χ1n) is 6.23. The third kappa shape index (κ3) is 3.03. The maximum atomic E-state index is 12.0. The molecular formula is C13H19N3O. The molecule has 1 saturated heterocycles. The van der Waals surface area contributed by atoms with E-state index in [1.807, 2.05) is 6.92 Å². The molecule has 2 heterocycles. The van der Waals surface area contributed by atoms with Crippen LogP contribution in [0.15, 0.2) is 18.5 Å². The van der Waals surface area contributed by atoms with Crippen molar-refractivity contribution in [1.29, 1.82) is 0 Å². The highest BCUT2D eigenvalue weighted by Crippen LogP contribution is 2.09. The van der Waals surface area contributed by atoms with E-state index in [0.29, 0.717) is 5.92 Å². The zero-order valence-electron chi connectivity index (χ0n) is 10.2. The summed E-state index contributed by atoms with van der Waals surface area (Å²) in [6, 6.07) is 1.79. The Kier molecular flexibility index (Phi) is 4.09. The molecule has 4 heteroatoms. The second kappa shape index (κ2) is 5.77. The van der Waals surface area contributed by atoms with Gasteiger partial charge in [-0.2, -0.15) is 0 Å². The summed E-state index contributed by atoms with van der Waals surface area (Å²) in [6.45, 7) is 4.87. The van der Waals surface area contributed by atoms with E-state index >= 15 is 0 Å². The van der Waals surface area contributed by atoms with Gasteiger partial charge >= 0.3 is 0 Å². The number of rotatable bonds is 4. The Balaban J connectivity index is 1.94. The molecule has 4 nitrogen and oxygen atoms in total. The summed E-state index contributed by atoms with van der Waals surface area (Å²) in [5.74, 6) is 0.599. The maximum Gasteiger partial charge on any atom is 0.251 e. The average molecular weight is 233 g/mol. The van der Waals surface area contributed by atoms with E-state index in [2.05, 4.69) is 15.6 Å². The number of pyridine rings is 1. The molecule has 92 valence electrons. The lowest BCUT2D eigenvalue weighted by atomic mass is 10.1. The van der Waals surface area contributed by atoms with Crippen LogP contribution in [0.3, 0.4) is 0 Å². The van der Waals surface area contributed by atoms with Crippen LogP contribution in [-0.2, 0) is 6.42 Å². The summed E-state index contributed by atoms with van der Waals surface area (Å²) in [5.41, 5.74) is 1.77. The highest BCUT2D eigenvalue weighted by Gasteiger charge is 2.16. The Labute approximate surface area is 102 Å². The van der Waals surface area contributed by atoms with Gasteiger partial charge in [-0.05, 0) is 43.5 Å². The van der Waals surface area contributed by atoms with Crippen molar-refractivity contribution >= 4 is 5.91 Å². The van der Waals surface area contributed by atoms with Crippen molar-refractivity contribution in [3.05, 3.63) is 29.6 Å². The third-order valence-corrected chi connectivity index (χ3v) is 3.24. The standard InChI is InChI=1S/C13H19N3O/c1-2-11-9-15-6-4-12(11)13(17)16-8-10-3-5-14-7-10/h4,6,9-10,14H,2-3,5,7-8H2,1H3,(H,16,17). The highest BCUT2D eigenvalue weighted by molar-refractivity contribution is 5.95. The summed E-state index contributed by atoms with van der Waals surface area (Å²) < 4.78 is 0. The topological polar surface area (TPSA) is 54.0 Å². The van der Waals surface area contributed by atoms with Crippen LogP contribution in [0.25, 0.3) is 0 Å². The summed E-state index contributed by atoms with van der Waals surface area (Å²) >= 11 is 0. The highest BCUT2D eigenvalue weighted by atomic mass is 16.1. The number of carbonyl (C=O) groups is 1. The zero-order chi connectivity index (χ0) is 12.1. The van der Waals surface area contributed by atoms with Crippen molar-refractivity contribution in [3.63, 3.8) is 0 Å². The first kappa shape index (κ1) is 12.0. The van der Waals surface area contributed by atoms with Gasteiger partial charge in [0.15, 0.2) is 0 Å². The van der Waals surface area contributed by atoms with Crippen molar-refractivity contribution in [1.82, 2.24) is 15.6 Å². The van der Waals surface area contributed by atoms with Crippen molar-refractivity contribution in [2.45, 2.75) is 19.8 Å². The van der Waals surface area contributed by atoms with Crippen molar-refractivity contribution < 1.29 is 4.79 Å². The fourth-order valence-corrected chi connectivity index (χ4v) is 2.15. The lowest BCUT2D eigenvalue weighted by molar-refractivity contribution is 0.0947. The maximum absolute atomic E-state index is 12.0. The summed E-state index contributed by atoms with van der Waals surface area (Å²) in [5, 5.41) is 6.31. The normalized spacial score (nSPS) is 19.2. The van der Waals surface area contributed by atoms with Crippen LogP contribution in [0.4, 0.5) is 0 Å². The van der Waals surface area contributed by atoms with Crippen LogP contribution in [0.5, 0.6) is 0 Å². The van der Waals surface area contributed by atoms with Gasteiger partial charge in [0.1, 0.15) is 0 Å². The molecule has 0 aliphatic carbocycles. The first-order chi connectivity index (χ1) is 8.31. The van der Waals surface area contributed by atoms with E-state index in [0.717, 1.165) is 43.6 Å². The number of aryl methyl sites for hydroxylation is 1. The molecule has 0 spiro atoms. The molecule has 1 aromatic rings. The van der Waals surface area contributed by atoms with E-state index in [9.17, 15) is 4.79 Å². The fraction of sp³-hybridized carbons (Fsp3) is 0.538. The molecule has 1 aromatic heterocycles. The van der Waals surface area contributed by atoms with Crippen LogP contribution in [0.2, 0.25) is 0 Å². The van der Waals surface area contributed by atoms with Crippen molar-refractivity contribution in [3.8, 4) is 0 Å². The minimum atomic E-state index is 0.0242. The molecule has 0 radical (unpaired) electrons. The summed E-state index contributed by atoms with van der Waals surface area (Å²) in [7, 11) is 0. The Bertz CT molecular complexity index is 386. The van der Waals surface area contributed by atoms with Gasteiger partial charge in [-0.25, -0.2) is 0 Å². The quantitative estimate of drug-likeness (QED) is 0.815. The number of nitrogens with one attached hydrogen (secondary N) is 2. The molecule has 1 amide bonds. The van der Waals surface area contributed by atoms with Gasteiger partial charge in [-0.3, -0.25) is 9.78 Å². The predicted octanol–water partition coefficient (Wildman–Crippen LogP) is 0.983. The van der Waals surface area contributed by atoms with E-state index in [4.69, 9.17) is 0 Å². The Morgan fingerprint density at radius 1 is 1.65 bits per heavy atom. The van der Waals surface area contributed by atoms with E-state index < -0.39 is 0 Å². The second-order valence-electron chi connectivity index (χ2n) is 4.46. The number of amides is 1. The molecule has 0 bridgehead atoms. The van der Waals surface area contributed by atoms with Gasteiger partial charge in [-0.1, -0.05) is 6.92 Å². The SMILES string of the molecule is CCc1cnccc1C(=O)NCC1CCNC1. The van der Waals surface area contributed by atoms with Crippen molar-refractivity contribution in [2.24, 2.45) is 5.92 Å². The molecule has 2 N–H and O–H groups in total. The largest absolute Gasteiger partial charge is 0.352 e. The van der Waals surface area contributed by atoms with Gasteiger partial charge < -0.3 is 10.6 Å². The molecule has 1 aliphatic rings. The van der Waals surface area contributed by atoms with Crippen LogP contribution in [0.1, 0.15) is 29.3 Å². The molecular weight excluding hydrogens is 214 g/mol. The van der Waals surface area contributed by atoms with E-state index in [1.165, 1.54) is 0 Å². The molecule has 1 fully saturated rings. The van der Waals surface area contributed by atoms with Gasteiger partial charge in [0.2, 0.25) is 0 Å². The van der Waals surface area contributed by atoms with Crippen molar-refractivity contribution in [2.75, 3.05) is 19.6 Å². The lowest BCUT2D eigenvalue weighted by Gasteiger charge is -2.11. The Morgan fingerprint density at radius 2 is 2.53 bits per heavy atom. The number of carbonyl (C=O) groups excluding carboxylic acids is 1. The predicted molar refractivity (Wildman–Crippen MR) is 66.9 cm³/mol. The van der Waals surface area contributed by atoms with Crippen LogP contribution >= 0.6 is 0 Å². The van der Waals surface area contributed by atoms with Gasteiger partial charge in [0.05, 0.1) is 0 Å².